The van der Waals surface area contributed by atoms with Crippen LogP contribution in [0.15, 0.2) is 0 Å². The van der Waals surface area contributed by atoms with E-state index < -0.39 is 403 Å². The number of hydrogen-bond donors (Lipinski definition) is 35. The fourth-order valence-electron chi connectivity index (χ4n) is 16.8. The molecule has 55 atom stereocenters. The average molecular weight is 1950 g/mol. The Bertz CT molecular complexity index is 3130. The smallest absolute Gasteiger partial charge is 0.187 e. The Morgan fingerprint density at radius 2 is 0.425 bits per heavy atom. The van der Waals surface area contributed by atoms with Crippen molar-refractivity contribution in [1.29, 1.82) is 0 Å². The van der Waals surface area contributed by atoms with Gasteiger partial charge in [0.05, 0.1) is 83.9 Å². The third-order valence-corrected chi connectivity index (χ3v) is 24.3. The minimum Gasteiger partial charge on any atom is -0.396 e. The van der Waals surface area contributed by atoms with E-state index in [1.165, 1.54) is 6.92 Å². The van der Waals surface area contributed by atoms with Crippen LogP contribution in [0, 0.1) is 18.8 Å². The Hall–Kier alpha value is -1.06. The van der Waals surface area contributed by atoms with E-state index in [-0.39, 0.29) is 52.0 Å². The molecule has 55 heteroatoms. The summed E-state index contributed by atoms with van der Waals surface area (Å²) in [7, 11) is 1.16. The molecule has 1 saturated carbocycles. The van der Waals surface area contributed by atoms with Crippen molar-refractivity contribution in [3.63, 3.8) is 0 Å². The second-order valence-corrected chi connectivity index (χ2v) is 32.2. The minimum absolute atomic E-state index is 0. The number of aliphatic hydroxyl groups excluding tert-OH is 35. The van der Waals surface area contributed by atoms with Gasteiger partial charge in [-0.15, -0.1) is 0 Å². The van der Waals surface area contributed by atoms with E-state index in [1.807, 2.05) is 0 Å². The topological polar surface area (TPSA) is 883 Å². The third-order valence-electron chi connectivity index (χ3n) is 24.3. The van der Waals surface area contributed by atoms with E-state index in [4.69, 9.17) is 90.0 Å². The molecule has 22 unspecified atom stereocenters. The van der Waals surface area contributed by atoms with Gasteiger partial charge in [0.15, 0.2) is 56.6 Å². The van der Waals surface area contributed by atoms with Gasteiger partial charge in [-0.2, -0.15) is 6.92 Å². The van der Waals surface area contributed by atoms with Crippen LogP contribution in [0.2, 0.25) is 0 Å². The van der Waals surface area contributed by atoms with Crippen LogP contribution in [-0.2, 0) is 123 Å². The predicted octanol–water partition coefficient (Wildman–Crippen LogP) is -21.8. The van der Waals surface area contributed by atoms with Crippen molar-refractivity contribution in [3.05, 3.63) is 6.92 Å². The van der Waals surface area contributed by atoms with Crippen molar-refractivity contribution >= 4 is 0 Å². The monoisotopic (exact) mass is 1940 g/mol. The summed E-state index contributed by atoms with van der Waals surface area (Å²) >= 11 is 0. The molecular weight excluding hydrogens is 1820 g/mol. The van der Waals surface area contributed by atoms with Crippen molar-refractivity contribution in [1.82, 2.24) is 0 Å². The first kappa shape index (κ1) is 111. The van der Waals surface area contributed by atoms with Gasteiger partial charge in [0.1, 0.15) is 244 Å². The van der Waals surface area contributed by atoms with E-state index in [1.54, 1.807) is 6.92 Å². The maximum absolute atomic E-state index is 11.7. The Morgan fingerprint density at radius 1 is 0.213 bits per heavy atom. The molecule has 11 fully saturated rings. The first-order valence-corrected chi connectivity index (χ1v) is 40.9. The molecule has 0 amide bonds. The number of methoxy groups -OCH3 is 1. The molecule has 743 valence electrons. The van der Waals surface area contributed by atoms with E-state index in [0.29, 0.717) is 0 Å². The number of ether oxygens (including phenoxy) is 19. The molecule has 0 bridgehead atoms. The molecule has 0 aromatic carbocycles. The van der Waals surface area contributed by atoms with Gasteiger partial charge in [0.25, 0.3) is 0 Å². The standard InChI is InChI=1S/C45H78O33.C25H44O21.C2H5.Y/c1-11-20(52)36(24(56)14(68-11)3-2-12-4-13(5-46)22(54)29(61)21(12)53)74-42-33(65)38(26(58)17(8-49)70-42)76-44-35(67)40(28(60)19(10-51)72-44)78-45-34(66)39(27(59)18(9-50)73-45)77-43-32(64)37(25(57)16(7-48)71-43)75-41-31(63)30(62)23(55)15(6-47)69-41;1-39-18-10(30)7(3-27)41-23(15(18)35)45-20-12(32)9(5-29)43-25(17(20)37)46-21-13(33)8(4-28)42-24(16(21)36)44-19-11(31)6(2-26)40-22(38)14(19)34;1-2;/h11-67H,2-10H2,1H3;6-38H,2-5H2,1H3;1H2,2H3;/q;;-1;/t11-,12+,13?,14?,15?,16?,17?,18?,19?,20?,21?,22+,23+,24+,25+,26+,27+,28+,29+,30-,31?,32?,33?,34?,35?,36+,37-,38-,39-,40-,41-,42-,43-,44-,45-;6?,7?,8?,9?,10-,11-,12-,13-,14?,15?,16?,17?,18+,19+,20+,21+,22-,23+,24+,25+;;/m01../s1. The Balaban J connectivity index is 0.000000346. The van der Waals surface area contributed by atoms with Crippen molar-refractivity contribution in [3.8, 4) is 0 Å². The maximum Gasteiger partial charge on any atom is 0.187 e. The van der Waals surface area contributed by atoms with Crippen LogP contribution in [-0.4, -0.2) is 577 Å². The zero-order chi connectivity index (χ0) is 93.4. The summed E-state index contributed by atoms with van der Waals surface area (Å²) < 4.78 is 105. The van der Waals surface area contributed by atoms with Crippen LogP contribution in [0.4, 0.5) is 0 Å². The van der Waals surface area contributed by atoms with Crippen LogP contribution >= 0.6 is 0 Å². The molecule has 0 aromatic heterocycles. The summed E-state index contributed by atoms with van der Waals surface area (Å²) in [5, 5.41) is 371. The fraction of sp³-hybridized carbons (Fsp3) is 0.986. The predicted molar refractivity (Wildman–Crippen MR) is 391 cm³/mol. The molecule has 10 saturated heterocycles. The summed E-state index contributed by atoms with van der Waals surface area (Å²) in [4.78, 5) is 0. The summed E-state index contributed by atoms with van der Waals surface area (Å²) in [6.45, 7) is -2.27. The van der Waals surface area contributed by atoms with E-state index in [2.05, 4.69) is 6.92 Å². The van der Waals surface area contributed by atoms with Gasteiger partial charge in [-0.05, 0) is 32.1 Å². The van der Waals surface area contributed by atoms with Crippen LogP contribution in [0.25, 0.3) is 0 Å². The zero-order valence-corrected chi connectivity index (χ0v) is 71.5. The Morgan fingerprint density at radius 3 is 0.693 bits per heavy atom. The maximum atomic E-state index is 11.7. The molecular formula is C72H127O54Y-. The molecule has 0 aromatic rings. The molecule has 10 heterocycles. The normalized spacial score (nSPS) is 51.8. The molecule has 11 aliphatic rings. The van der Waals surface area contributed by atoms with E-state index in [9.17, 15) is 179 Å². The molecule has 54 nitrogen and oxygen atoms in total. The number of hydrogen-bond acceptors (Lipinski definition) is 54. The average Bonchev–Trinajstić information content (AvgIpc) is 0.770. The van der Waals surface area contributed by atoms with Gasteiger partial charge in [-0.3, -0.25) is 0 Å². The molecule has 127 heavy (non-hydrogen) atoms. The molecule has 1 aliphatic carbocycles. The first-order chi connectivity index (χ1) is 59.8. The van der Waals surface area contributed by atoms with Gasteiger partial charge in [0.2, 0.25) is 0 Å². The third kappa shape index (κ3) is 24.4. The van der Waals surface area contributed by atoms with Gasteiger partial charge in [-0.1, -0.05) is 0 Å². The minimum atomic E-state index is -2.27. The van der Waals surface area contributed by atoms with Gasteiger partial charge >= 0.3 is 0 Å². The van der Waals surface area contributed by atoms with Crippen molar-refractivity contribution in [2.75, 3.05) is 73.2 Å². The van der Waals surface area contributed by atoms with Crippen LogP contribution in [0.1, 0.15) is 33.1 Å². The summed E-state index contributed by atoms with van der Waals surface area (Å²) in [6, 6.07) is 0. The van der Waals surface area contributed by atoms with Crippen LogP contribution in [0.3, 0.4) is 0 Å². The van der Waals surface area contributed by atoms with Gasteiger partial charge in [0, 0.05) is 52.3 Å². The molecule has 10 aliphatic heterocycles. The van der Waals surface area contributed by atoms with Crippen molar-refractivity contribution in [2.45, 2.75) is 358 Å². The molecule has 35 N–H and O–H groups in total. The zero-order valence-electron chi connectivity index (χ0n) is 68.6. The summed E-state index contributed by atoms with van der Waals surface area (Å²) in [5.74, 6) is -1.42. The SMILES string of the molecule is CO[C@@H]1C(O)[C@H](O[C@@H]2C(O)[C@H](O[C@@H]3C(O)[C@H](O[C@@H]4C(O)[C@H](O)OC(CO)[C@H]4O)OC(CO)[C@H]3O)OC(CO)[C@H]2O)OC(CO)[C@H]1O.C[C@@H]1OC(CC[C@@H]2CC(CO)[C@@H](O)[C@H](O)C2O)[C@@H](O)[C@H](O[C@@H]2OC(CO)[C@@H](O)[C@H](O[C@@H]3OC(CO)[C@@H](O)[C@H](O[C@@H]4OC(CO)[C@@H](O)[C@H](O[C@@H]5OC(CO)[C@@H](O)[C@H](O[C@@H]6OC(CO)[C@@H](O)[C@H](O)C6O)C5O)C4O)C3O)C2O)C1O.[CH2-]C.[Y]. The first-order valence-electron chi connectivity index (χ1n) is 40.9. The molecule has 11 rings (SSSR count). The second-order valence-electron chi connectivity index (χ2n) is 32.2. The fourth-order valence-corrected chi connectivity index (χ4v) is 16.8. The quantitative estimate of drug-likeness (QED) is 0.0297. The van der Waals surface area contributed by atoms with Crippen LogP contribution in [0.5, 0.6) is 0 Å². The van der Waals surface area contributed by atoms with E-state index in [0.717, 1.165) is 7.11 Å². The number of rotatable bonds is 30. The Kier molecular flexibility index (Phi) is 43.8. The number of aliphatic hydroxyl groups is 35. The Labute approximate surface area is 748 Å². The van der Waals surface area contributed by atoms with Gasteiger partial charge < -0.3 is 276 Å². The second kappa shape index (κ2) is 50.0. The molecule has 1 radical (unpaired) electrons. The van der Waals surface area contributed by atoms with Gasteiger partial charge in [-0.25, -0.2) is 0 Å². The van der Waals surface area contributed by atoms with Crippen molar-refractivity contribution in [2.24, 2.45) is 11.8 Å². The van der Waals surface area contributed by atoms with E-state index >= 15 is 0 Å². The summed E-state index contributed by atoms with van der Waals surface area (Å²) in [5.41, 5.74) is 0. The van der Waals surface area contributed by atoms with Crippen LogP contribution < -0.4 is 0 Å². The van der Waals surface area contributed by atoms with Crippen molar-refractivity contribution < 1.29 is 301 Å². The largest absolute Gasteiger partial charge is 0.396 e. The summed E-state index contributed by atoms with van der Waals surface area (Å²) in [6.07, 6.45) is -95.3. The molecule has 0 spiro atoms.